The summed E-state index contributed by atoms with van der Waals surface area (Å²) in [7, 11) is 0. The minimum atomic E-state index is 0.600. The van der Waals surface area contributed by atoms with E-state index in [0.29, 0.717) is 6.04 Å². The summed E-state index contributed by atoms with van der Waals surface area (Å²) in [6.45, 7) is 0. The molecule has 1 aliphatic carbocycles. The van der Waals surface area contributed by atoms with Gasteiger partial charge in [0, 0.05) is 12.2 Å². The first kappa shape index (κ1) is 9.46. The summed E-state index contributed by atoms with van der Waals surface area (Å²) >= 11 is 0. The zero-order valence-electron chi connectivity index (χ0n) is 9.06. The third-order valence-electron chi connectivity index (χ3n) is 3.28. The van der Waals surface area contributed by atoms with Gasteiger partial charge < -0.3 is 5.32 Å². The fourth-order valence-electron chi connectivity index (χ4n) is 2.30. The number of rotatable bonds is 3. The fourth-order valence-corrected chi connectivity index (χ4v) is 2.30. The Morgan fingerprint density at radius 3 is 2.69 bits per heavy atom. The fraction of sp³-hybridized carbons (Fsp3) is 0.308. The molecule has 0 saturated heterocycles. The molecule has 1 aromatic heterocycles. The molecule has 1 aliphatic rings. The van der Waals surface area contributed by atoms with E-state index in [2.05, 4.69) is 45.8 Å². The second-order valence-electron chi connectivity index (χ2n) is 4.41. The number of H-pyrrole nitrogens is 1. The molecule has 0 radical (unpaired) electrons. The van der Waals surface area contributed by atoms with E-state index in [0.717, 1.165) is 11.6 Å². The molecule has 0 bridgehead atoms. The van der Waals surface area contributed by atoms with Crippen LogP contribution in [-0.2, 0) is 0 Å². The van der Waals surface area contributed by atoms with Crippen LogP contribution in [0.25, 0.3) is 0 Å². The first-order valence-corrected chi connectivity index (χ1v) is 5.72. The van der Waals surface area contributed by atoms with Gasteiger partial charge in [-0.2, -0.15) is 5.10 Å². The minimum Gasteiger partial charge on any atom is -0.380 e. The van der Waals surface area contributed by atoms with E-state index in [1.54, 1.807) is 0 Å². The maximum absolute atomic E-state index is 3.92. The molecule has 82 valence electrons. The second-order valence-corrected chi connectivity index (χ2v) is 4.41. The third-order valence-corrected chi connectivity index (χ3v) is 3.28. The summed E-state index contributed by atoms with van der Waals surface area (Å²) in [4.78, 5) is 0. The molecule has 1 fully saturated rings. The predicted molar refractivity (Wildman–Crippen MR) is 64.4 cm³/mol. The smallest absolute Gasteiger partial charge is 0.0725 e. The Morgan fingerprint density at radius 1 is 1.19 bits per heavy atom. The van der Waals surface area contributed by atoms with E-state index in [1.165, 1.54) is 18.4 Å². The van der Waals surface area contributed by atoms with Crippen LogP contribution in [0.3, 0.4) is 0 Å². The van der Waals surface area contributed by atoms with Crippen molar-refractivity contribution in [2.45, 2.75) is 24.8 Å². The van der Waals surface area contributed by atoms with Crippen molar-refractivity contribution in [3.8, 4) is 0 Å². The van der Waals surface area contributed by atoms with Gasteiger partial charge in [-0.25, -0.2) is 0 Å². The summed E-state index contributed by atoms with van der Waals surface area (Å²) in [6, 6.07) is 11.3. The van der Waals surface area contributed by atoms with Crippen LogP contribution in [-0.4, -0.2) is 16.2 Å². The van der Waals surface area contributed by atoms with Crippen LogP contribution in [0.4, 0.5) is 5.69 Å². The van der Waals surface area contributed by atoms with Gasteiger partial charge in [-0.15, -0.1) is 0 Å². The SMILES string of the molecule is c1ccc(C2CC(Nc3cn[nH]c3)C2)cc1. The number of hydrogen-bond donors (Lipinski definition) is 2. The number of nitrogens with zero attached hydrogens (tertiary/aromatic N) is 1. The van der Waals surface area contributed by atoms with Crippen LogP contribution in [0.1, 0.15) is 24.3 Å². The highest BCUT2D eigenvalue weighted by Gasteiger charge is 2.29. The summed E-state index contributed by atoms with van der Waals surface area (Å²) in [5.41, 5.74) is 2.56. The van der Waals surface area contributed by atoms with E-state index in [9.17, 15) is 0 Å². The third kappa shape index (κ3) is 1.81. The molecular formula is C13H15N3. The molecule has 1 heterocycles. The molecule has 0 amide bonds. The second kappa shape index (κ2) is 4.00. The molecule has 0 aliphatic heterocycles. The molecule has 3 heteroatoms. The molecule has 1 aromatic carbocycles. The number of anilines is 1. The zero-order chi connectivity index (χ0) is 10.8. The van der Waals surface area contributed by atoms with Gasteiger partial charge in [0.25, 0.3) is 0 Å². The zero-order valence-corrected chi connectivity index (χ0v) is 9.06. The quantitative estimate of drug-likeness (QED) is 0.823. The monoisotopic (exact) mass is 213 g/mol. The van der Waals surface area contributed by atoms with Gasteiger partial charge in [0.1, 0.15) is 0 Å². The van der Waals surface area contributed by atoms with E-state index < -0.39 is 0 Å². The van der Waals surface area contributed by atoms with Crippen LogP contribution in [0.15, 0.2) is 42.7 Å². The summed E-state index contributed by atoms with van der Waals surface area (Å²) in [6.07, 6.45) is 6.16. The molecule has 0 atom stereocenters. The molecule has 3 nitrogen and oxygen atoms in total. The largest absolute Gasteiger partial charge is 0.380 e. The minimum absolute atomic E-state index is 0.600. The standard InChI is InChI=1S/C13H15N3/c1-2-4-10(5-3-1)11-6-12(7-11)16-13-8-14-15-9-13/h1-5,8-9,11-12,16H,6-7H2,(H,14,15). The van der Waals surface area contributed by atoms with E-state index in [1.807, 2.05) is 12.4 Å². The van der Waals surface area contributed by atoms with Crippen LogP contribution in [0.2, 0.25) is 0 Å². The lowest BCUT2D eigenvalue weighted by Gasteiger charge is -2.36. The number of nitrogens with one attached hydrogen (secondary N) is 2. The Hall–Kier alpha value is -1.77. The normalized spacial score (nSPS) is 23.8. The first-order chi connectivity index (χ1) is 7.92. The van der Waals surface area contributed by atoms with Gasteiger partial charge in [0.2, 0.25) is 0 Å². The van der Waals surface area contributed by atoms with Crippen molar-refractivity contribution in [3.05, 3.63) is 48.3 Å². The number of hydrogen-bond acceptors (Lipinski definition) is 2. The Labute approximate surface area is 94.9 Å². The number of aromatic amines is 1. The number of aromatic nitrogens is 2. The van der Waals surface area contributed by atoms with E-state index >= 15 is 0 Å². The van der Waals surface area contributed by atoms with Crippen molar-refractivity contribution in [1.29, 1.82) is 0 Å². The highest BCUT2D eigenvalue weighted by Crippen LogP contribution is 2.38. The van der Waals surface area contributed by atoms with Crippen molar-refractivity contribution in [3.63, 3.8) is 0 Å². The highest BCUT2D eigenvalue weighted by atomic mass is 15.1. The molecule has 0 unspecified atom stereocenters. The van der Waals surface area contributed by atoms with Crippen LogP contribution >= 0.6 is 0 Å². The maximum atomic E-state index is 3.92. The predicted octanol–water partition coefficient (Wildman–Crippen LogP) is 2.77. The van der Waals surface area contributed by atoms with Crippen LogP contribution in [0, 0.1) is 0 Å². The lowest BCUT2D eigenvalue weighted by Crippen LogP contribution is -2.33. The molecule has 0 spiro atoms. The summed E-state index contributed by atoms with van der Waals surface area (Å²) in [5, 5.41) is 10.2. The highest BCUT2D eigenvalue weighted by molar-refractivity contribution is 5.40. The van der Waals surface area contributed by atoms with E-state index in [4.69, 9.17) is 0 Å². The van der Waals surface area contributed by atoms with Gasteiger partial charge >= 0.3 is 0 Å². The van der Waals surface area contributed by atoms with Crippen LogP contribution < -0.4 is 5.32 Å². The number of benzene rings is 1. The van der Waals surface area contributed by atoms with Crippen molar-refractivity contribution in [1.82, 2.24) is 10.2 Å². The lowest BCUT2D eigenvalue weighted by molar-refractivity contribution is 0.374. The molecule has 2 N–H and O–H groups in total. The topological polar surface area (TPSA) is 40.7 Å². The molecular weight excluding hydrogens is 198 g/mol. The summed E-state index contributed by atoms with van der Waals surface area (Å²) in [5.74, 6) is 0.727. The van der Waals surface area contributed by atoms with Crippen molar-refractivity contribution in [2.24, 2.45) is 0 Å². The van der Waals surface area contributed by atoms with Crippen LogP contribution in [0.5, 0.6) is 0 Å². The van der Waals surface area contributed by atoms with Crippen molar-refractivity contribution < 1.29 is 0 Å². The molecule has 1 saturated carbocycles. The molecule has 16 heavy (non-hydrogen) atoms. The molecule has 2 aromatic rings. The van der Waals surface area contributed by atoms with Crippen molar-refractivity contribution in [2.75, 3.05) is 5.32 Å². The maximum Gasteiger partial charge on any atom is 0.0725 e. The Kier molecular flexibility index (Phi) is 2.37. The average Bonchev–Trinajstić information content (AvgIpc) is 2.77. The van der Waals surface area contributed by atoms with Gasteiger partial charge in [0.15, 0.2) is 0 Å². The van der Waals surface area contributed by atoms with Gasteiger partial charge in [-0.05, 0) is 24.3 Å². The lowest BCUT2D eigenvalue weighted by atomic mass is 9.76. The van der Waals surface area contributed by atoms with E-state index in [-0.39, 0.29) is 0 Å². The first-order valence-electron chi connectivity index (χ1n) is 5.72. The Bertz CT molecular complexity index is 429. The average molecular weight is 213 g/mol. The Balaban J connectivity index is 1.55. The van der Waals surface area contributed by atoms with Gasteiger partial charge in [-0.3, -0.25) is 5.10 Å². The van der Waals surface area contributed by atoms with Gasteiger partial charge in [-0.1, -0.05) is 30.3 Å². The van der Waals surface area contributed by atoms with Crippen molar-refractivity contribution >= 4 is 5.69 Å². The Morgan fingerprint density at radius 2 is 2.00 bits per heavy atom. The summed E-state index contributed by atoms with van der Waals surface area (Å²) < 4.78 is 0. The molecule has 3 rings (SSSR count). The van der Waals surface area contributed by atoms with Gasteiger partial charge in [0.05, 0.1) is 11.9 Å².